The molecule has 0 aliphatic rings. The molecule has 0 spiro atoms. The molecule has 0 saturated heterocycles. The molecule has 0 bridgehead atoms. The first kappa shape index (κ1) is 21.0. The van der Waals surface area contributed by atoms with E-state index in [4.69, 9.17) is 9.40 Å². The number of amides is 1. The van der Waals surface area contributed by atoms with E-state index in [0.29, 0.717) is 28.5 Å². The minimum Gasteiger partial charge on any atom is -0.448 e. The lowest BCUT2D eigenvalue weighted by atomic mass is 10.2. The van der Waals surface area contributed by atoms with E-state index in [0.717, 1.165) is 22.7 Å². The molecule has 6 nitrogen and oxygen atoms in total. The highest BCUT2D eigenvalue weighted by atomic mass is 32.2. The van der Waals surface area contributed by atoms with Crippen molar-refractivity contribution < 1.29 is 13.6 Å². The van der Waals surface area contributed by atoms with Crippen LogP contribution in [0.15, 0.2) is 93.2 Å². The molecule has 1 N–H and O–H groups in total. The Bertz CT molecular complexity index is 1510. The molecule has 33 heavy (non-hydrogen) atoms. The van der Waals surface area contributed by atoms with Crippen LogP contribution in [0.1, 0.15) is 5.56 Å². The van der Waals surface area contributed by atoms with Crippen molar-refractivity contribution in [2.75, 3.05) is 11.1 Å². The number of nitrogens with zero attached hydrogens (tertiary/aromatic N) is 2. The molecular weight excluding hydrogens is 441 g/mol. The van der Waals surface area contributed by atoms with Crippen molar-refractivity contribution in [3.8, 4) is 0 Å². The summed E-state index contributed by atoms with van der Waals surface area (Å²) in [5.41, 5.74) is 2.36. The van der Waals surface area contributed by atoms with Crippen molar-refractivity contribution in [1.82, 2.24) is 9.55 Å². The number of aromatic nitrogens is 2. The van der Waals surface area contributed by atoms with E-state index in [9.17, 15) is 14.0 Å². The van der Waals surface area contributed by atoms with Gasteiger partial charge in [0.25, 0.3) is 5.56 Å². The Labute approximate surface area is 192 Å². The van der Waals surface area contributed by atoms with Gasteiger partial charge in [-0.2, -0.15) is 0 Å². The second-order valence-corrected chi connectivity index (χ2v) is 8.33. The van der Waals surface area contributed by atoms with Gasteiger partial charge in [0, 0.05) is 11.1 Å². The van der Waals surface area contributed by atoms with Crippen LogP contribution in [-0.2, 0) is 11.3 Å². The van der Waals surface area contributed by atoms with E-state index in [-0.39, 0.29) is 28.6 Å². The number of anilines is 1. The summed E-state index contributed by atoms with van der Waals surface area (Å²) in [5, 5.41) is 3.88. The summed E-state index contributed by atoms with van der Waals surface area (Å²) in [6.45, 7) is 0.293. The third-order valence-electron chi connectivity index (χ3n) is 5.09. The van der Waals surface area contributed by atoms with Crippen LogP contribution in [0.3, 0.4) is 0 Å². The van der Waals surface area contributed by atoms with Crippen molar-refractivity contribution >= 4 is 45.4 Å². The summed E-state index contributed by atoms with van der Waals surface area (Å²) >= 11 is 1.16. The summed E-state index contributed by atoms with van der Waals surface area (Å²) in [4.78, 5) is 30.6. The van der Waals surface area contributed by atoms with Gasteiger partial charge in [-0.25, -0.2) is 9.37 Å². The van der Waals surface area contributed by atoms with Gasteiger partial charge in [-0.3, -0.25) is 14.2 Å². The Hall–Kier alpha value is -3.91. The summed E-state index contributed by atoms with van der Waals surface area (Å²) in [6.07, 6.45) is 0. The zero-order valence-corrected chi connectivity index (χ0v) is 18.1. The van der Waals surface area contributed by atoms with Gasteiger partial charge in [-0.1, -0.05) is 54.2 Å². The fourth-order valence-electron chi connectivity index (χ4n) is 3.53. The maximum Gasteiger partial charge on any atom is 0.298 e. The van der Waals surface area contributed by atoms with Crippen LogP contribution < -0.4 is 10.9 Å². The molecule has 2 aromatic heterocycles. The zero-order valence-electron chi connectivity index (χ0n) is 17.3. The SMILES string of the molecule is O=C(CSc1nc2c(oc3ccccc32)c(=O)n1Cc1ccccc1)Nc1ccc(F)cc1. The average molecular weight is 460 g/mol. The molecule has 0 radical (unpaired) electrons. The number of fused-ring (bicyclic) bond motifs is 3. The maximum atomic E-state index is 13.4. The lowest BCUT2D eigenvalue weighted by molar-refractivity contribution is -0.113. The van der Waals surface area contributed by atoms with Crippen LogP contribution >= 0.6 is 11.8 Å². The largest absolute Gasteiger partial charge is 0.448 e. The van der Waals surface area contributed by atoms with E-state index < -0.39 is 0 Å². The second-order valence-electron chi connectivity index (χ2n) is 7.39. The Kier molecular flexibility index (Phi) is 5.66. The molecule has 5 aromatic rings. The van der Waals surface area contributed by atoms with Gasteiger partial charge in [-0.05, 0) is 42.0 Å². The van der Waals surface area contributed by atoms with E-state index in [1.54, 1.807) is 6.07 Å². The highest BCUT2D eigenvalue weighted by Gasteiger charge is 2.19. The van der Waals surface area contributed by atoms with E-state index >= 15 is 0 Å². The predicted molar refractivity (Wildman–Crippen MR) is 127 cm³/mol. The van der Waals surface area contributed by atoms with Gasteiger partial charge in [0.05, 0.1) is 12.3 Å². The van der Waals surface area contributed by atoms with Crippen molar-refractivity contribution in [2.24, 2.45) is 0 Å². The van der Waals surface area contributed by atoms with E-state index in [1.165, 1.54) is 28.8 Å². The van der Waals surface area contributed by atoms with Crippen LogP contribution in [0.4, 0.5) is 10.1 Å². The number of furan rings is 1. The van der Waals surface area contributed by atoms with E-state index in [2.05, 4.69) is 5.32 Å². The minimum atomic E-state index is -0.378. The molecule has 1 amide bonds. The third kappa shape index (κ3) is 4.38. The summed E-state index contributed by atoms with van der Waals surface area (Å²) < 4.78 is 20.4. The number of nitrogens with one attached hydrogen (secondary N) is 1. The van der Waals surface area contributed by atoms with Crippen molar-refractivity contribution in [2.45, 2.75) is 11.7 Å². The minimum absolute atomic E-state index is 0.0277. The third-order valence-corrected chi connectivity index (χ3v) is 6.07. The molecular formula is C25H18FN3O3S. The van der Waals surface area contributed by atoms with Gasteiger partial charge in [0.15, 0.2) is 5.16 Å². The number of halogens is 1. The fourth-order valence-corrected chi connectivity index (χ4v) is 4.32. The van der Waals surface area contributed by atoms with Crippen LogP contribution in [0.25, 0.3) is 22.1 Å². The average Bonchev–Trinajstić information content (AvgIpc) is 3.21. The van der Waals surface area contributed by atoms with Crippen LogP contribution in [-0.4, -0.2) is 21.2 Å². The van der Waals surface area contributed by atoms with Gasteiger partial charge in [0.1, 0.15) is 16.9 Å². The first-order valence-corrected chi connectivity index (χ1v) is 11.2. The number of carbonyl (C=O) groups is 1. The van der Waals surface area contributed by atoms with E-state index in [1.807, 2.05) is 48.5 Å². The summed E-state index contributed by atoms with van der Waals surface area (Å²) in [7, 11) is 0. The molecule has 0 aliphatic carbocycles. The molecule has 0 unspecified atom stereocenters. The predicted octanol–water partition coefficient (Wildman–Crippen LogP) is 5.06. The number of hydrogen-bond donors (Lipinski definition) is 1. The number of thioether (sulfide) groups is 1. The Morgan fingerprint density at radius 3 is 2.52 bits per heavy atom. The quantitative estimate of drug-likeness (QED) is 0.284. The lowest BCUT2D eigenvalue weighted by Crippen LogP contribution is -2.24. The first-order valence-electron chi connectivity index (χ1n) is 10.2. The van der Waals surface area contributed by atoms with Gasteiger partial charge in [0.2, 0.25) is 11.5 Å². The fraction of sp³-hybridized carbons (Fsp3) is 0.0800. The summed E-state index contributed by atoms with van der Waals surface area (Å²) in [5.74, 6) is -0.638. The van der Waals surface area contributed by atoms with Crippen LogP contribution in [0.2, 0.25) is 0 Å². The van der Waals surface area contributed by atoms with Crippen molar-refractivity contribution in [3.63, 3.8) is 0 Å². The van der Waals surface area contributed by atoms with Crippen molar-refractivity contribution in [1.29, 1.82) is 0 Å². The Morgan fingerprint density at radius 1 is 1.00 bits per heavy atom. The molecule has 0 atom stereocenters. The van der Waals surface area contributed by atoms with Crippen LogP contribution in [0.5, 0.6) is 0 Å². The highest BCUT2D eigenvalue weighted by molar-refractivity contribution is 7.99. The Morgan fingerprint density at radius 2 is 1.73 bits per heavy atom. The number of hydrogen-bond acceptors (Lipinski definition) is 5. The molecule has 5 rings (SSSR count). The number of rotatable bonds is 6. The van der Waals surface area contributed by atoms with Gasteiger partial charge in [-0.15, -0.1) is 0 Å². The number of para-hydroxylation sites is 1. The van der Waals surface area contributed by atoms with Crippen LogP contribution in [0, 0.1) is 5.82 Å². The molecule has 8 heteroatoms. The van der Waals surface area contributed by atoms with Gasteiger partial charge < -0.3 is 9.73 Å². The first-order chi connectivity index (χ1) is 16.1. The molecule has 3 aromatic carbocycles. The number of carbonyl (C=O) groups excluding carboxylic acids is 1. The smallest absolute Gasteiger partial charge is 0.298 e. The molecule has 164 valence electrons. The molecule has 2 heterocycles. The maximum absolute atomic E-state index is 13.4. The molecule has 0 saturated carbocycles. The summed E-state index contributed by atoms with van der Waals surface area (Å²) in [6, 6.07) is 22.4. The highest BCUT2D eigenvalue weighted by Crippen LogP contribution is 2.27. The molecule has 0 fully saturated rings. The zero-order chi connectivity index (χ0) is 22.8. The molecule has 0 aliphatic heterocycles. The number of benzene rings is 3. The normalized spacial score (nSPS) is 11.2. The lowest BCUT2D eigenvalue weighted by Gasteiger charge is -2.12. The standard InChI is InChI=1S/C25H18FN3O3S/c26-17-10-12-18(13-11-17)27-21(30)15-33-25-28-22-19-8-4-5-9-20(19)32-23(22)24(31)29(25)14-16-6-2-1-3-7-16/h1-13H,14-15H2,(H,27,30). The van der Waals surface area contributed by atoms with Crippen molar-refractivity contribution in [3.05, 3.63) is 101 Å². The van der Waals surface area contributed by atoms with Gasteiger partial charge >= 0.3 is 0 Å². The monoisotopic (exact) mass is 459 g/mol. The topological polar surface area (TPSA) is 77.1 Å². The second kappa shape index (κ2) is 8.91. The Balaban J connectivity index is 1.50.